The van der Waals surface area contributed by atoms with Crippen molar-refractivity contribution in [2.45, 2.75) is 69.6 Å². The molecule has 3 fully saturated rings. The van der Waals surface area contributed by atoms with Crippen LogP contribution < -0.4 is 5.32 Å². The summed E-state index contributed by atoms with van der Waals surface area (Å²) < 4.78 is 70.0. The molecule has 2 atom stereocenters. The van der Waals surface area contributed by atoms with Gasteiger partial charge in [0.25, 0.3) is 6.10 Å². The third-order valence-electron chi connectivity index (χ3n) is 6.88. The largest absolute Gasteiger partial charge is 0.431 e. The average Bonchev–Trinajstić information content (AvgIpc) is 3.45. The van der Waals surface area contributed by atoms with Gasteiger partial charge in [0.05, 0.1) is 0 Å². The van der Waals surface area contributed by atoms with Crippen molar-refractivity contribution in [1.82, 2.24) is 10.2 Å². The second-order valence-electron chi connectivity index (χ2n) is 8.98. The minimum absolute atomic E-state index is 0.0244. The summed E-state index contributed by atoms with van der Waals surface area (Å²) >= 11 is 0. The van der Waals surface area contributed by atoms with Crippen molar-refractivity contribution in [1.29, 1.82) is 0 Å². The predicted octanol–water partition coefficient (Wildman–Crippen LogP) is 4.20. The number of rotatable bonds is 5. The van der Waals surface area contributed by atoms with Crippen LogP contribution in [0.4, 0.5) is 26.7 Å². The summed E-state index contributed by atoms with van der Waals surface area (Å²) in [6.45, 7) is 2.62. The van der Waals surface area contributed by atoms with E-state index < -0.39 is 35.6 Å². The van der Waals surface area contributed by atoms with Crippen molar-refractivity contribution in [3.05, 3.63) is 12.7 Å². The van der Waals surface area contributed by atoms with Crippen LogP contribution in [-0.4, -0.2) is 54.1 Å². The van der Waals surface area contributed by atoms with Crippen LogP contribution >= 0.6 is 0 Å². The van der Waals surface area contributed by atoms with Crippen LogP contribution in [0.5, 0.6) is 0 Å². The summed E-state index contributed by atoms with van der Waals surface area (Å²) in [5.74, 6) is -5.65. The number of nitrogens with one attached hydrogen (secondary N) is 1. The topological polar surface area (TPSA) is 75.7 Å². The highest BCUT2D eigenvalue weighted by molar-refractivity contribution is 5.98. The van der Waals surface area contributed by atoms with E-state index in [0.717, 1.165) is 37.0 Å². The molecular weight excluding hydrogens is 439 g/mol. The molecule has 2 aliphatic carbocycles. The Hall–Kier alpha value is -2.20. The second-order valence-corrected chi connectivity index (χ2v) is 8.98. The lowest BCUT2D eigenvalue weighted by atomic mass is 9.88. The fourth-order valence-electron chi connectivity index (χ4n) is 4.73. The first-order valence-corrected chi connectivity index (χ1v) is 10.8. The Balaban J connectivity index is 1.50. The number of piperidine rings is 1. The van der Waals surface area contributed by atoms with Gasteiger partial charge in [0, 0.05) is 24.9 Å². The van der Waals surface area contributed by atoms with Crippen molar-refractivity contribution in [3.8, 4) is 0 Å². The molecule has 6 nitrogen and oxygen atoms in total. The maximum absolute atomic E-state index is 13.5. The van der Waals surface area contributed by atoms with Crippen molar-refractivity contribution < 1.29 is 41.1 Å². The minimum Gasteiger partial charge on any atom is -0.429 e. The van der Waals surface area contributed by atoms with E-state index in [0.29, 0.717) is 19.3 Å². The lowest BCUT2D eigenvalue weighted by Gasteiger charge is -2.34. The van der Waals surface area contributed by atoms with Crippen molar-refractivity contribution >= 4 is 17.9 Å². The normalized spacial score (nSPS) is 24.5. The number of alkyl halides is 5. The summed E-state index contributed by atoms with van der Waals surface area (Å²) in [7, 11) is 0. The van der Waals surface area contributed by atoms with E-state index in [4.69, 9.17) is 0 Å². The smallest absolute Gasteiger partial charge is 0.429 e. The molecule has 3 rings (SSSR count). The number of carbonyl (C=O) groups is 3. The number of carbonyl (C=O) groups excluding carboxylic acids is 3. The molecule has 0 aromatic carbocycles. The summed E-state index contributed by atoms with van der Waals surface area (Å²) in [5, 5.41) is 2.48. The molecule has 1 spiro atoms. The number of hydrogen-bond donors (Lipinski definition) is 1. The molecule has 0 bridgehead atoms. The zero-order chi connectivity index (χ0) is 23.7. The summed E-state index contributed by atoms with van der Waals surface area (Å²) in [6, 6.07) is 0. The maximum Gasteiger partial charge on any atom is 0.431 e. The van der Waals surface area contributed by atoms with Crippen molar-refractivity contribution in [2.75, 3.05) is 13.1 Å². The minimum atomic E-state index is -5.46. The maximum atomic E-state index is 13.5. The van der Waals surface area contributed by atoms with Crippen LogP contribution in [0.2, 0.25) is 0 Å². The molecule has 1 heterocycles. The van der Waals surface area contributed by atoms with Crippen LogP contribution in [0.3, 0.4) is 0 Å². The molecule has 0 radical (unpaired) electrons. The van der Waals surface area contributed by atoms with Gasteiger partial charge < -0.3 is 9.64 Å². The molecule has 2 saturated carbocycles. The van der Waals surface area contributed by atoms with E-state index >= 15 is 0 Å². The highest BCUT2D eigenvalue weighted by atomic mass is 19.4. The molecule has 3 aliphatic rings. The van der Waals surface area contributed by atoms with Crippen molar-refractivity contribution in [3.63, 3.8) is 0 Å². The number of nitrogens with zero attached hydrogens (tertiary/aromatic N) is 1. The predicted molar refractivity (Wildman–Crippen MR) is 103 cm³/mol. The number of likely N-dealkylation sites (tertiary alicyclic amines) is 1. The van der Waals surface area contributed by atoms with Gasteiger partial charge in [0.1, 0.15) is 0 Å². The third-order valence-corrected chi connectivity index (χ3v) is 6.88. The molecule has 1 aliphatic heterocycles. The van der Waals surface area contributed by atoms with Gasteiger partial charge in [0.2, 0.25) is 11.8 Å². The van der Waals surface area contributed by atoms with E-state index in [-0.39, 0.29) is 36.9 Å². The van der Waals surface area contributed by atoms with Gasteiger partial charge in [-0.2, -0.15) is 22.0 Å². The summed E-state index contributed by atoms with van der Waals surface area (Å²) in [5.41, 5.74) is -0.428. The second kappa shape index (κ2) is 8.97. The summed E-state index contributed by atoms with van der Waals surface area (Å²) in [6.07, 6.45) is -5.13. The molecule has 1 saturated heterocycles. The van der Waals surface area contributed by atoms with Gasteiger partial charge in [-0.3, -0.25) is 14.9 Å². The zero-order valence-electron chi connectivity index (χ0n) is 17.6. The third kappa shape index (κ3) is 5.23. The lowest BCUT2D eigenvalue weighted by molar-refractivity contribution is -0.257. The van der Waals surface area contributed by atoms with Gasteiger partial charge in [-0.15, -0.1) is 0 Å². The Morgan fingerprint density at radius 2 is 1.62 bits per heavy atom. The number of amides is 3. The first-order chi connectivity index (χ1) is 14.9. The van der Waals surface area contributed by atoms with Gasteiger partial charge in [-0.05, 0) is 43.6 Å². The first kappa shape index (κ1) is 24.4. The lowest BCUT2D eigenvalue weighted by Crippen LogP contribution is -2.50. The van der Waals surface area contributed by atoms with Crippen LogP contribution in [-0.2, 0) is 14.3 Å². The van der Waals surface area contributed by atoms with Crippen LogP contribution in [0.15, 0.2) is 12.7 Å². The standard InChI is InChI=1S/C21H27F5N2O4/c1-2-20(22,23)17(21(24,25)26)32-18(31)28-10-8-19(9-11-28)12-14(19)16(30)27-15(29)13-6-4-3-5-7-13/h2,13-14,17H,1,3-12H2,(H,27,29,30). The molecule has 32 heavy (non-hydrogen) atoms. The Bertz CT molecular complexity index is 756. The van der Waals surface area contributed by atoms with Crippen LogP contribution in [0.25, 0.3) is 0 Å². The van der Waals surface area contributed by atoms with Gasteiger partial charge >= 0.3 is 18.2 Å². The van der Waals surface area contributed by atoms with Crippen molar-refractivity contribution in [2.24, 2.45) is 17.3 Å². The molecule has 1 N–H and O–H groups in total. The summed E-state index contributed by atoms with van der Waals surface area (Å²) in [4.78, 5) is 37.8. The van der Waals surface area contributed by atoms with E-state index in [9.17, 15) is 36.3 Å². The molecule has 11 heteroatoms. The number of hydrogen-bond acceptors (Lipinski definition) is 4. The van der Waals surface area contributed by atoms with E-state index in [1.807, 2.05) is 0 Å². The number of imide groups is 1. The molecule has 3 amide bonds. The fraction of sp³-hybridized carbons (Fsp3) is 0.762. The van der Waals surface area contributed by atoms with Gasteiger partial charge in [0.15, 0.2) is 0 Å². The quantitative estimate of drug-likeness (QED) is 0.374. The number of halogens is 5. The monoisotopic (exact) mass is 466 g/mol. The van der Waals surface area contributed by atoms with Gasteiger partial charge in [-0.25, -0.2) is 4.79 Å². The highest BCUT2D eigenvalue weighted by Crippen LogP contribution is 2.59. The van der Waals surface area contributed by atoms with E-state index in [1.54, 1.807) is 0 Å². The molecule has 2 unspecified atom stereocenters. The Labute approximate surface area is 182 Å². The number of ether oxygens (including phenoxy) is 1. The fourth-order valence-corrected chi connectivity index (χ4v) is 4.73. The van der Waals surface area contributed by atoms with Crippen LogP contribution in [0.1, 0.15) is 51.4 Å². The van der Waals surface area contributed by atoms with E-state index in [1.165, 1.54) is 0 Å². The van der Waals surface area contributed by atoms with Gasteiger partial charge in [-0.1, -0.05) is 25.8 Å². The Morgan fingerprint density at radius 1 is 1.03 bits per heavy atom. The molecular formula is C21H27F5N2O4. The zero-order valence-corrected chi connectivity index (χ0v) is 17.6. The van der Waals surface area contributed by atoms with E-state index in [2.05, 4.69) is 16.6 Å². The molecule has 0 aromatic heterocycles. The van der Waals surface area contributed by atoms with Crippen LogP contribution in [0, 0.1) is 17.3 Å². The Kier molecular flexibility index (Phi) is 6.86. The average molecular weight is 466 g/mol. The SMILES string of the molecule is C=CC(F)(F)C(OC(=O)N1CCC2(CC1)CC2C(=O)NC(=O)C1CCCCC1)C(F)(F)F. The molecule has 180 valence electrons. The molecule has 0 aromatic rings. The first-order valence-electron chi connectivity index (χ1n) is 10.8. The Morgan fingerprint density at radius 3 is 2.16 bits per heavy atom. The highest BCUT2D eigenvalue weighted by Gasteiger charge is 2.60.